The van der Waals surface area contributed by atoms with Crippen LogP contribution in [0, 0.1) is 17.6 Å². The summed E-state index contributed by atoms with van der Waals surface area (Å²) in [7, 11) is 0. The monoisotopic (exact) mass is 338 g/mol. The van der Waals surface area contributed by atoms with Crippen LogP contribution in [0.15, 0.2) is 18.2 Å². The van der Waals surface area contributed by atoms with Gasteiger partial charge in [0.05, 0.1) is 0 Å². The van der Waals surface area contributed by atoms with Gasteiger partial charge in [0.2, 0.25) is 0 Å². The fraction of sp³-hybridized carbons (Fsp3) is 0.600. The minimum atomic E-state index is -0.492. The number of nitrogens with zero attached hydrogens (tertiary/aromatic N) is 1. The van der Waals surface area contributed by atoms with Gasteiger partial charge in [0.15, 0.2) is 0 Å². The van der Waals surface area contributed by atoms with Crippen LogP contribution in [-0.2, 0) is 0 Å². The van der Waals surface area contributed by atoms with Gasteiger partial charge in [0.1, 0.15) is 11.6 Å². The van der Waals surface area contributed by atoms with Crippen molar-refractivity contribution in [1.29, 1.82) is 0 Å². The standard InChI is InChI=1S/C15H20F2N2.2ClH/c16-12-4-5-13(14(17)10-12)15(11-2-1-3-11)19-8-6-18-7-9-19;;/h4-5,10-11,15,18H,1-3,6-9H2;2*1H/t15-;;/m0../s1. The number of hydrogen-bond acceptors (Lipinski definition) is 2. The first-order valence-corrected chi connectivity index (χ1v) is 7.15. The molecule has 120 valence electrons. The molecule has 6 heteroatoms. The summed E-state index contributed by atoms with van der Waals surface area (Å²) < 4.78 is 27.2. The molecule has 2 fully saturated rings. The van der Waals surface area contributed by atoms with Gasteiger partial charge in [-0.05, 0) is 24.8 Å². The second-order valence-electron chi connectivity index (χ2n) is 5.59. The Labute approximate surface area is 137 Å². The molecule has 0 radical (unpaired) electrons. The summed E-state index contributed by atoms with van der Waals surface area (Å²) in [6.45, 7) is 3.79. The van der Waals surface area contributed by atoms with Crippen molar-refractivity contribution in [2.75, 3.05) is 26.2 Å². The summed E-state index contributed by atoms with van der Waals surface area (Å²) >= 11 is 0. The third kappa shape index (κ3) is 4.07. The Bertz CT molecular complexity index is 449. The second kappa shape index (κ2) is 8.28. The zero-order valence-electron chi connectivity index (χ0n) is 11.9. The molecule has 1 heterocycles. The summed E-state index contributed by atoms with van der Waals surface area (Å²) in [4.78, 5) is 2.36. The zero-order chi connectivity index (χ0) is 13.2. The highest BCUT2D eigenvalue weighted by molar-refractivity contribution is 5.85. The number of halogens is 4. The molecule has 0 bridgehead atoms. The van der Waals surface area contributed by atoms with E-state index in [-0.39, 0.29) is 30.9 Å². The van der Waals surface area contributed by atoms with Gasteiger partial charge in [-0.3, -0.25) is 4.90 Å². The summed E-state index contributed by atoms with van der Waals surface area (Å²) in [6.07, 6.45) is 3.55. The Morgan fingerprint density at radius 3 is 2.29 bits per heavy atom. The van der Waals surface area contributed by atoms with Gasteiger partial charge in [-0.2, -0.15) is 0 Å². The van der Waals surface area contributed by atoms with E-state index in [4.69, 9.17) is 0 Å². The van der Waals surface area contributed by atoms with Crippen LogP contribution < -0.4 is 5.32 Å². The largest absolute Gasteiger partial charge is 0.314 e. The van der Waals surface area contributed by atoms with Crippen molar-refractivity contribution in [3.63, 3.8) is 0 Å². The second-order valence-corrected chi connectivity index (χ2v) is 5.59. The summed E-state index contributed by atoms with van der Waals surface area (Å²) in [5.41, 5.74) is 0.674. The number of benzene rings is 1. The lowest BCUT2D eigenvalue weighted by molar-refractivity contribution is 0.0811. The molecular formula is C15H22Cl2F2N2. The number of piperazine rings is 1. The Morgan fingerprint density at radius 1 is 1.10 bits per heavy atom. The van der Waals surface area contributed by atoms with Crippen molar-refractivity contribution in [3.05, 3.63) is 35.4 Å². The quantitative estimate of drug-likeness (QED) is 0.906. The molecule has 1 saturated carbocycles. The predicted octanol–water partition coefficient (Wildman–Crippen LogP) is 3.55. The van der Waals surface area contributed by atoms with Crippen LogP contribution in [0.25, 0.3) is 0 Å². The molecule has 2 aliphatic rings. The number of nitrogens with one attached hydrogen (secondary N) is 1. The van der Waals surface area contributed by atoms with E-state index in [1.807, 2.05) is 0 Å². The fourth-order valence-electron chi connectivity index (χ4n) is 3.21. The smallest absolute Gasteiger partial charge is 0.130 e. The van der Waals surface area contributed by atoms with Crippen LogP contribution in [0.1, 0.15) is 30.9 Å². The topological polar surface area (TPSA) is 15.3 Å². The van der Waals surface area contributed by atoms with E-state index in [0.717, 1.165) is 45.1 Å². The van der Waals surface area contributed by atoms with Gasteiger partial charge in [0.25, 0.3) is 0 Å². The Balaban J connectivity index is 0.00000110. The van der Waals surface area contributed by atoms with Crippen molar-refractivity contribution in [3.8, 4) is 0 Å². The minimum Gasteiger partial charge on any atom is -0.314 e. The molecule has 1 atom stereocenters. The Morgan fingerprint density at radius 2 is 1.76 bits per heavy atom. The molecule has 1 aromatic carbocycles. The Kier molecular flexibility index (Phi) is 7.34. The van der Waals surface area contributed by atoms with Gasteiger partial charge in [-0.15, -0.1) is 24.8 Å². The first-order valence-electron chi connectivity index (χ1n) is 7.15. The fourth-order valence-corrected chi connectivity index (χ4v) is 3.21. The van der Waals surface area contributed by atoms with Crippen LogP contribution in [0.3, 0.4) is 0 Å². The van der Waals surface area contributed by atoms with E-state index >= 15 is 0 Å². The minimum absolute atomic E-state index is 0. The highest BCUT2D eigenvalue weighted by atomic mass is 35.5. The maximum atomic E-state index is 14.1. The molecule has 0 spiro atoms. The van der Waals surface area contributed by atoms with E-state index < -0.39 is 11.6 Å². The van der Waals surface area contributed by atoms with Gasteiger partial charge in [-0.25, -0.2) is 8.78 Å². The van der Waals surface area contributed by atoms with E-state index in [0.29, 0.717) is 11.5 Å². The average Bonchev–Trinajstić information content (AvgIpc) is 2.35. The molecule has 1 aromatic rings. The normalized spacial score (nSPS) is 20.9. The lowest BCUT2D eigenvalue weighted by atomic mass is 9.76. The van der Waals surface area contributed by atoms with Crippen molar-refractivity contribution < 1.29 is 8.78 Å². The van der Waals surface area contributed by atoms with E-state index in [1.165, 1.54) is 12.5 Å². The van der Waals surface area contributed by atoms with Gasteiger partial charge in [-0.1, -0.05) is 12.5 Å². The number of rotatable bonds is 3. The van der Waals surface area contributed by atoms with E-state index in [1.54, 1.807) is 6.07 Å². The molecule has 1 N–H and O–H groups in total. The first kappa shape index (κ1) is 18.6. The van der Waals surface area contributed by atoms with E-state index in [9.17, 15) is 8.78 Å². The molecule has 0 amide bonds. The summed E-state index contributed by atoms with van der Waals surface area (Å²) in [5.74, 6) is -0.359. The zero-order valence-corrected chi connectivity index (χ0v) is 13.5. The van der Waals surface area contributed by atoms with Crippen molar-refractivity contribution in [2.45, 2.75) is 25.3 Å². The van der Waals surface area contributed by atoms with Crippen molar-refractivity contribution >= 4 is 24.8 Å². The van der Waals surface area contributed by atoms with Crippen LogP contribution in [0.5, 0.6) is 0 Å². The molecule has 1 aliphatic carbocycles. The molecule has 0 unspecified atom stereocenters. The molecule has 0 aromatic heterocycles. The van der Waals surface area contributed by atoms with Crippen LogP contribution in [-0.4, -0.2) is 31.1 Å². The third-order valence-corrected chi connectivity index (χ3v) is 4.42. The van der Waals surface area contributed by atoms with Crippen molar-refractivity contribution in [2.24, 2.45) is 5.92 Å². The van der Waals surface area contributed by atoms with Crippen LogP contribution >= 0.6 is 24.8 Å². The van der Waals surface area contributed by atoms with Crippen LogP contribution in [0.2, 0.25) is 0 Å². The highest BCUT2D eigenvalue weighted by Crippen LogP contribution is 2.42. The first-order chi connectivity index (χ1) is 9.25. The number of hydrogen-bond donors (Lipinski definition) is 1. The van der Waals surface area contributed by atoms with E-state index in [2.05, 4.69) is 10.2 Å². The molecule has 21 heavy (non-hydrogen) atoms. The SMILES string of the molecule is Cl.Cl.Fc1ccc([C@H](C2CCC2)N2CCNCC2)c(F)c1. The summed E-state index contributed by atoms with van der Waals surface area (Å²) in [5, 5.41) is 3.32. The average molecular weight is 339 g/mol. The predicted molar refractivity (Wildman–Crippen MR) is 85.4 cm³/mol. The lowest BCUT2D eigenvalue weighted by Crippen LogP contribution is -2.48. The molecule has 2 nitrogen and oxygen atoms in total. The molecule has 1 saturated heterocycles. The van der Waals surface area contributed by atoms with Gasteiger partial charge >= 0.3 is 0 Å². The third-order valence-electron chi connectivity index (χ3n) is 4.42. The Hall–Kier alpha value is -0.420. The maximum absolute atomic E-state index is 14.1. The summed E-state index contributed by atoms with van der Waals surface area (Å²) in [6, 6.07) is 4.15. The highest BCUT2D eigenvalue weighted by Gasteiger charge is 2.35. The molecular weight excluding hydrogens is 317 g/mol. The lowest BCUT2D eigenvalue weighted by Gasteiger charge is -2.43. The maximum Gasteiger partial charge on any atom is 0.130 e. The van der Waals surface area contributed by atoms with Gasteiger partial charge in [0, 0.05) is 43.9 Å². The molecule has 1 aliphatic heterocycles. The van der Waals surface area contributed by atoms with Crippen LogP contribution in [0.4, 0.5) is 8.78 Å². The van der Waals surface area contributed by atoms with Crippen molar-refractivity contribution in [1.82, 2.24) is 10.2 Å². The molecule has 3 rings (SSSR count). The van der Waals surface area contributed by atoms with Gasteiger partial charge < -0.3 is 5.32 Å².